The first kappa shape index (κ1) is 12.9. The smallest absolute Gasteiger partial charge is 0.130 e. The molecule has 1 aromatic heterocycles. The van der Waals surface area contributed by atoms with E-state index in [2.05, 4.69) is 4.98 Å². The summed E-state index contributed by atoms with van der Waals surface area (Å²) in [5.41, 5.74) is 7.10. The second kappa shape index (κ2) is 5.42. The van der Waals surface area contributed by atoms with E-state index in [-0.39, 0.29) is 6.04 Å². The first-order chi connectivity index (χ1) is 8.67. The molecule has 1 atom stereocenters. The van der Waals surface area contributed by atoms with E-state index < -0.39 is 0 Å². The van der Waals surface area contributed by atoms with E-state index in [0.717, 1.165) is 23.7 Å². The molecule has 0 spiro atoms. The van der Waals surface area contributed by atoms with Gasteiger partial charge in [0.25, 0.3) is 0 Å². The van der Waals surface area contributed by atoms with Gasteiger partial charge in [0, 0.05) is 29.5 Å². The van der Waals surface area contributed by atoms with Gasteiger partial charge in [0.15, 0.2) is 0 Å². The maximum absolute atomic E-state index is 6.26. The van der Waals surface area contributed by atoms with E-state index in [1.165, 1.54) is 0 Å². The average Bonchev–Trinajstić information content (AvgIpc) is 2.86. The van der Waals surface area contributed by atoms with E-state index in [1.807, 2.05) is 29.8 Å². The van der Waals surface area contributed by atoms with Crippen molar-refractivity contribution in [2.24, 2.45) is 5.73 Å². The van der Waals surface area contributed by atoms with Crippen molar-refractivity contribution < 1.29 is 4.74 Å². The number of hydrogen-bond donors (Lipinski definition) is 1. The molecule has 4 nitrogen and oxygen atoms in total. The molecule has 2 aromatic rings. The second-order valence-electron chi connectivity index (χ2n) is 3.94. The Morgan fingerprint density at radius 3 is 2.94 bits per heavy atom. The number of rotatable bonds is 4. The van der Waals surface area contributed by atoms with Crippen LogP contribution in [0, 0.1) is 0 Å². The first-order valence-corrected chi connectivity index (χ1v) is 6.15. The zero-order valence-electron chi connectivity index (χ0n) is 10.4. The minimum absolute atomic E-state index is 0.353. The fraction of sp³-hybridized carbons (Fsp3) is 0.308. The van der Waals surface area contributed by atoms with Crippen molar-refractivity contribution in [3.63, 3.8) is 0 Å². The third-order valence-corrected chi connectivity index (χ3v) is 3.13. The lowest BCUT2D eigenvalue weighted by Crippen LogP contribution is -2.18. The third kappa shape index (κ3) is 2.35. The number of ether oxygens (including phenoxy) is 1. The van der Waals surface area contributed by atoms with Gasteiger partial charge in [-0.15, -0.1) is 0 Å². The molecule has 0 radical (unpaired) electrons. The van der Waals surface area contributed by atoms with E-state index in [4.69, 9.17) is 22.1 Å². The molecule has 0 aliphatic rings. The zero-order chi connectivity index (χ0) is 13.1. The van der Waals surface area contributed by atoms with Gasteiger partial charge < -0.3 is 15.0 Å². The summed E-state index contributed by atoms with van der Waals surface area (Å²) in [6, 6.07) is 5.06. The van der Waals surface area contributed by atoms with E-state index in [0.29, 0.717) is 5.02 Å². The summed E-state index contributed by atoms with van der Waals surface area (Å²) in [7, 11) is 1.62. The molecule has 0 amide bonds. The van der Waals surface area contributed by atoms with Crippen molar-refractivity contribution in [2.75, 3.05) is 7.11 Å². The summed E-state index contributed by atoms with van der Waals surface area (Å²) in [6.45, 7) is 2.87. The minimum Gasteiger partial charge on any atom is -0.496 e. The van der Waals surface area contributed by atoms with Crippen molar-refractivity contribution >= 4 is 11.6 Å². The molecule has 18 heavy (non-hydrogen) atoms. The SMILES string of the molecule is CCn1ccnc1C(N)c1cc(Cl)ccc1OC. The second-order valence-corrected chi connectivity index (χ2v) is 4.37. The van der Waals surface area contributed by atoms with Gasteiger partial charge >= 0.3 is 0 Å². The maximum atomic E-state index is 6.26. The van der Waals surface area contributed by atoms with Crippen molar-refractivity contribution in [1.82, 2.24) is 9.55 Å². The van der Waals surface area contributed by atoms with Crippen molar-refractivity contribution in [3.05, 3.63) is 47.0 Å². The lowest BCUT2D eigenvalue weighted by molar-refractivity contribution is 0.406. The van der Waals surface area contributed by atoms with Gasteiger partial charge in [-0.3, -0.25) is 0 Å². The monoisotopic (exact) mass is 265 g/mol. The largest absolute Gasteiger partial charge is 0.496 e. The predicted molar refractivity (Wildman–Crippen MR) is 71.9 cm³/mol. The molecule has 0 aliphatic carbocycles. The van der Waals surface area contributed by atoms with E-state index in [9.17, 15) is 0 Å². The predicted octanol–water partition coefficient (Wildman–Crippen LogP) is 2.61. The number of aromatic nitrogens is 2. The van der Waals surface area contributed by atoms with Gasteiger partial charge in [0.2, 0.25) is 0 Å². The van der Waals surface area contributed by atoms with Crippen LogP contribution in [0.3, 0.4) is 0 Å². The summed E-state index contributed by atoms with van der Waals surface area (Å²) < 4.78 is 7.32. The Balaban J connectivity index is 2.45. The lowest BCUT2D eigenvalue weighted by Gasteiger charge is -2.16. The molecular formula is C13H16ClN3O. The van der Waals surface area contributed by atoms with Crippen LogP contribution in [0.1, 0.15) is 24.4 Å². The summed E-state index contributed by atoms with van der Waals surface area (Å²) >= 11 is 6.01. The van der Waals surface area contributed by atoms with Crippen LogP contribution in [-0.4, -0.2) is 16.7 Å². The number of nitrogens with two attached hydrogens (primary N) is 1. The van der Waals surface area contributed by atoms with E-state index >= 15 is 0 Å². The molecule has 2 N–H and O–H groups in total. The molecule has 0 saturated heterocycles. The standard InChI is InChI=1S/C13H16ClN3O/c1-3-17-7-6-16-13(17)12(15)10-8-9(14)4-5-11(10)18-2/h4-8,12H,3,15H2,1-2H3. The Hall–Kier alpha value is -1.52. The quantitative estimate of drug-likeness (QED) is 0.925. The third-order valence-electron chi connectivity index (χ3n) is 2.89. The molecule has 0 bridgehead atoms. The Labute approximate surface area is 111 Å². The number of nitrogens with zero attached hydrogens (tertiary/aromatic N) is 2. The molecule has 2 rings (SSSR count). The van der Waals surface area contributed by atoms with Crippen LogP contribution >= 0.6 is 11.6 Å². The lowest BCUT2D eigenvalue weighted by atomic mass is 10.1. The van der Waals surface area contributed by atoms with Crippen LogP contribution in [0.4, 0.5) is 0 Å². The first-order valence-electron chi connectivity index (χ1n) is 5.77. The van der Waals surface area contributed by atoms with Crippen LogP contribution in [0.15, 0.2) is 30.6 Å². The highest BCUT2D eigenvalue weighted by molar-refractivity contribution is 6.30. The summed E-state index contributed by atoms with van der Waals surface area (Å²) in [5.74, 6) is 1.52. The summed E-state index contributed by atoms with van der Waals surface area (Å²) in [6.07, 6.45) is 3.65. The fourth-order valence-electron chi connectivity index (χ4n) is 1.95. The number of halogens is 1. The Bertz CT molecular complexity index is 539. The van der Waals surface area contributed by atoms with Crippen molar-refractivity contribution in [2.45, 2.75) is 19.5 Å². The molecule has 1 unspecified atom stereocenters. The number of aryl methyl sites for hydroxylation is 1. The molecular weight excluding hydrogens is 250 g/mol. The van der Waals surface area contributed by atoms with Crippen molar-refractivity contribution in [3.8, 4) is 5.75 Å². The fourth-order valence-corrected chi connectivity index (χ4v) is 2.13. The highest BCUT2D eigenvalue weighted by Crippen LogP contribution is 2.30. The molecule has 0 aliphatic heterocycles. The van der Waals surface area contributed by atoms with Gasteiger partial charge in [0.1, 0.15) is 11.6 Å². The van der Waals surface area contributed by atoms with Gasteiger partial charge in [-0.2, -0.15) is 0 Å². The summed E-state index contributed by atoms with van der Waals surface area (Å²) in [5, 5.41) is 0.635. The molecule has 5 heteroatoms. The number of hydrogen-bond acceptors (Lipinski definition) is 3. The van der Waals surface area contributed by atoms with Gasteiger partial charge in [0.05, 0.1) is 13.2 Å². The average molecular weight is 266 g/mol. The molecule has 0 saturated carbocycles. The van der Waals surface area contributed by atoms with Gasteiger partial charge in [-0.25, -0.2) is 4.98 Å². The van der Waals surface area contributed by atoms with Crippen molar-refractivity contribution in [1.29, 1.82) is 0 Å². The topological polar surface area (TPSA) is 53.1 Å². The highest BCUT2D eigenvalue weighted by Gasteiger charge is 2.18. The normalized spacial score (nSPS) is 12.4. The number of benzene rings is 1. The number of methoxy groups -OCH3 is 1. The zero-order valence-corrected chi connectivity index (χ0v) is 11.2. The Morgan fingerprint density at radius 1 is 1.50 bits per heavy atom. The Kier molecular flexibility index (Phi) is 3.89. The van der Waals surface area contributed by atoms with Crippen LogP contribution in [-0.2, 0) is 6.54 Å². The van der Waals surface area contributed by atoms with Gasteiger partial charge in [-0.05, 0) is 25.1 Å². The molecule has 1 aromatic carbocycles. The van der Waals surface area contributed by atoms with Crippen LogP contribution < -0.4 is 10.5 Å². The minimum atomic E-state index is -0.353. The number of imidazole rings is 1. The molecule has 0 fully saturated rings. The highest BCUT2D eigenvalue weighted by atomic mass is 35.5. The molecule has 96 valence electrons. The summed E-state index contributed by atoms with van der Waals surface area (Å²) in [4.78, 5) is 4.31. The van der Waals surface area contributed by atoms with E-state index in [1.54, 1.807) is 19.4 Å². The maximum Gasteiger partial charge on any atom is 0.130 e. The van der Waals surface area contributed by atoms with Gasteiger partial charge in [-0.1, -0.05) is 11.6 Å². The Morgan fingerprint density at radius 2 is 2.28 bits per heavy atom. The van der Waals surface area contributed by atoms with Crippen LogP contribution in [0.2, 0.25) is 5.02 Å². The van der Waals surface area contributed by atoms with Crippen LogP contribution in [0.25, 0.3) is 0 Å². The van der Waals surface area contributed by atoms with Crippen LogP contribution in [0.5, 0.6) is 5.75 Å². The molecule has 1 heterocycles.